The fourth-order valence-corrected chi connectivity index (χ4v) is 5.00. The largest absolute Gasteiger partial charge is 0.496 e. The number of aromatic nitrogens is 3. The molecule has 0 spiro atoms. The van der Waals surface area contributed by atoms with E-state index in [4.69, 9.17) is 15.2 Å². The summed E-state index contributed by atoms with van der Waals surface area (Å²) < 4.78 is 11.1. The van der Waals surface area contributed by atoms with Gasteiger partial charge in [-0.15, -0.1) is 0 Å². The number of hydrogen-bond acceptors (Lipinski definition) is 9. The minimum absolute atomic E-state index is 0.0409. The standard InChI is InChI=1S/C26H39N7O3/c1-6-17(2)22-23-25(30-26(27)29-22)32(15-20-19(4)24(35-5)18(3)14-28-20)16-21(34)33(23)9-7-8-31-10-12-36-13-11-31/h14,17H,6-13,15-16H2,1-5H3,(H2,27,29,30). The number of carbonyl (C=O) groups excluding carboxylic acids is 1. The van der Waals surface area contributed by atoms with Gasteiger partial charge < -0.3 is 25.0 Å². The molecule has 2 aromatic heterocycles. The number of pyridine rings is 1. The SMILES string of the molecule is CCC(C)c1nc(N)nc2c1N(CCCN1CCOCC1)C(=O)CN2Cc1ncc(C)c(OC)c1C. The lowest BCUT2D eigenvalue weighted by Crippen LogP contribution is -2.48. The lowest BCUT2D eigenvalue weighted by atomic mass is 10.0. The summed E-state index contributed by atoms with van der Waals surface area (Å²) in [7, 11) is 1.67. The van der Waals surface area contributed by atoms with Crippen LogP contribution in [0, 0.1) is 13.8 Å². The Morgan fingerprint density at radius 3 is 2.64 bits per heavy atom. The van der Waals surface area contributed by atoms with E-state index in [1.54, 1.807) is 7.11 Å². The van der Waals surface area contributed by atoms with Crippen molar-refractivity contribution in [2.75, 3.05) is 68.6 Å². The first kappa shape index (κ1) is 26.1. The highest BCUT2D eigenvalue weighted by molar-refractivity contribution is 6.03. The summed E-state index contributed by atoms with van der Waals surface area (Å²) in [6.07, 6.45) is 3.56. The van der Waals surface area contributed by atoms with Gasteiger partial charge in [-0.25, -0.2) is 4.98 Å². The zero-order valence-electron chi connectivity index (χ0n) is 22.2. The summed E-state index contributed by atoms with van der Waals surface area (Å²) in [5.74, 6) is 1.92. The second-order valence-electron chi connectivity index (χ2n) is 9.70. The molecule has 36 heavy (non-hydrogen) atoms. The van der Waals surface area contributed by atoms with Crippen molar-refractivity contribution in [3.05, 3.63) is 28.7 Å². The third-order valence-corrected chi connectivity index (χ3v) is 7.24. The molecule has 10 nitrogen and oxygen atoms in total. The zero-order chi connectivity index (χ0) is 25.8. The van der Waals surface area contributed by atoms with Crippen LogP contribution in [0.3, 0.4) is 0 Å². The normalized spacial score (nSPS) is 17.3. The van der Waals surface area contributed by atoms with E-state index >= 15 is 0 Å². The van der Waals surface area contributed by atoms with Gasteiger partial charge in [0, 0.05) is 49.4 Å². The molecule has 1 atom stereocenters. The number of hydrogen-bond donors (Lipinski definition) is 1. The number of fused-ring (bicyclic) bond motifs is 1. The quantitative estimate of drug-likeness (QED) is 0.559. The van der Waals surface area contributed by atoms with Crippen molar-refractivity contribution in [2.45, 2.75) is 53.0 Å². The van der Waals surface area contributed by atoms with Crippen LogP contribution in [-0.4, -0.2) is 78.8 Å². The number of anilines is 3. The summed E-state index contributed by atoms with van der Waals surface area (Å²) in [6, 6.07) is 0. The van der Waals surface area contributed by atoms with Crippen LogP contribution in [0.25, 0.3) is 0 Å². The molecule has 2 aromatic rings. The van der Waals surface area contributed by atoms with Crippen LogP contribution in [0.15, 0.2) is 6.20 Å². The first-order valence-corrected chi connectivity index (χ1v) is 12.9. The van der Waals surface area contributed by atoms with Gasteiger partial charge in [-0.1, -0.05) is 13.8 Å². The van der Waals surface area contributed by atoms with Crippen molar-refractivity contribution in [1.29, 1.82) is 0 Å². The smallest absolute Gasteiger partial charge is 0.246 e. The van der Waals surface area contributed by atoms with Crippen LogP contribution < -0.4 is 20.3 Å². The number of ether oxygens (including phenoxy) is 2. The van der Waals surface area contributed by atoms with E-state index in [-0.39, 0.29) is 24.3 Å². The highest BCUT2D eigenvalue weighted by Gasteiger charge is 2.35. The fraction of sp³-hybridized carbons (Fsp3) is 0.615. The van der Waals surface area contributed by atoms with E-state index in [1.165, 1.54) is 0 Å². The molecule has 0 saturated carbocycles. The summed E-state index contributed by atoms with van der Waals surface area (Å²) in [4.78, 5) is 33.7. The minimum atomic E-state index is 0.0409. The predicted octanol–water partition coefficient (Wildman–Crippen LogP) is 2.67. The van der Waals surface area contributed by atoms with Gasteiger partial charge in [-0.05, 0) is 26.7 Å². The molecule has 1 amide bonds. The molecule has 1 fully saturated rings. The highest BCUT2D eigenvalue weighted by atomic mass is 16.5. The maximum atomic E-state index is 13.6. The number of aryl methyl sites for hydroxylation is 1. The molecule has 0 radical (unpaired) electrons. The van der Waals surface area contributed by atoms with Crippen molar-refractivity contribution < 1.29 is 14.3 Å². The molecule has 0 aliphatic carbocycles. The number of rotatable bonds is 9. The molecule has 4 rings (SSSR count). The molecule has 0 bridgehead atoms. The highest BCUT2D eigenvalue weighted by Crippen LogP contribution is 2.40. The van der Waals surface area contributed by atoms with Crippen LogP contribution in [0.2, 0.25) is 0 Å². The van der Waals surface area contributed by atoms with Gasteiger partial charge in [0.15, 0.2) is 5.82 Å². The Hall–Kier alpha value is -2.98. The lowest BCUT2D eigenvalue weighted by Gasteiger charge is -2.38. The number of methoxy groups -OCH3 is 1. The van der Waals surface area contributed by atoms with Gasteiger partial charge >= 0.3 is 0 Å². The number of amides is 1. The van der Waals surface area contributed by atoms with Gasteiger partial charge in [0.25, 0.3) is 0 Å². The average Bonchev–Trinajstić information content (AvgIpc) is 2.87. The van der Waals surface area contributed by atoms with Gasteiger partial charge in [0.1, 0.15) is 11.4 Å². The van der Waals surface area contributed by atoms with Gasteiger partial charge in [-0.2, -0.15) is 4.98 Å². The van der Waals surface area contributed by atoms with Gasteiger partial charge in [-0.3, -0.25) is 14.7 Å². The third-order valence-electron chi connectivity index (χ3n) is 7.24. The van der Waals surface area contributed by atoms with E-state index in [2.05, 4.69) is 33.7 Å². The van der Waals surface area contributed by atoms with Crippen LogP contribution in [-0.2, 0) is 16.1 Å². The molecule has 2 aliphatic heterocycles. The van der Waals surface area contributed by atoms with E-state index in [0.717, 1.165) is 79.6 Å². The number of nitrogens with two attached hydrogens (primary N) is 1. The predicted molar refractivity (Wildman–Crippen MR) is 141 cm³/mol. The van der Waals surface area contributed by atoms with Gasteiger partial charge in [0.2, 0.25) is 11.9 Å². The topological polar surface area (TPSA) is 110 Å². The molecule has 196 valence electrons. The molecule has 10 heteroatoms. The van der Waals surface area contributed by atoms with Gasteiger partial charge in [0.05, 0.1) is 44.8 Å². The maximum absolute atomic E-state index is 13.6. The van der Waals surface area contributed by atoms with E-state index in [1.807, 2.05) is 29.8 Å². The summed E-state index contributed by atoms with van der Waals surface area (Å²) in [5, 5.41) is 0. The number of nitrogens with zero attached hydrogens (tertiary/aromatic N) is 6. The second kappa shape index (κ2) is 11.4. The Labute approximate surface area is 213 Å². The molecular weight excluding hydrogens is 458 g/mol. The Morgan fingerprint density at radius 1 is 1.19 bits per heavy atom. The fourth-order valence-electron chi connectivity index (χ4n) is 5.00. The monoisotopic (exact) mass is 497 g/mol. The zero-order valence-corrected chi connectivity index (χ0v) is 22.2. The minimum Gasteiger partial charge on any atom is -0.496 e. The molecule has 1 saturated heterocycles. The van der Waals surface area contributed by atoms with Crippen LogP contribution >= 0.6 is 0 Å². The van der Waals surface area contributed by atoms with E-state index < -0.39 is 0 Å². The van der Waals surface area contributed by atoms with Crippen molar-refractivity contribution >= 4 is 23.4 Å². The maximum Gasteiger partial charge on any atom is 0.246 e. The number of carbonyl (C=O) groups is 1. The summed E-state index contributed by atoms with van der Waals surface area (Å²) in [6.45, 7) is 13.8. The molecule has 4 heterocycles. The van der Waals surface area contributed by atoms with Crippen LogP contribution in [0.1, 0.15) is 55.1 Å². The number of nitrogen functional groups attached to an aromatic ring is 1. The second-order valence-corrected chi connectivity index (χ2v) is 9.70. The van der Waals surface area contributed by atoms with Crippen molar-refractivity contribution in [3.8, 4) is 5.75 Å². The molecular formula is C26H39N7O3. The Bertz CT molecular complexity index is 1090. The Morgan fingerprint density at radius 2 is 1.94 bits per heavy atom. The van der Waals surface area contributed by atoms with Crippen molar-refractivity contribution in [1.82, 2.24) is 19.9 Å². The lowest BCUT2D eigenvalue weighted by molar-refractivity contribution is -0.117. The summed E-state index contributed by atoms with van der Waals surface area (Å²) in [5.41, 5.74) is 10.6. The van der Waals surface area contributed by atoms with Crippen molar-refractivity contribution in [2.24, 2.45) is 0 Å². The van der Waals surface area contributed by atoms with Crippen LogP contribution in [0.5, 0.6) is 5.75 Å². The molecule has 0 aromatic carbocycles. The Kier molecular flexibility index (Phi) is 8.25. The summed E-state index contributed by atoms with van der Waals surface area (Å²) >= 11 is 0. The average molecular weight is 498 g/mol. The molecule has 2 aliphatic rings. The molecule has 1 unspecified atom stereocenters. The first-order valence-electron chi connectivity index (χ1n) is 12.9. The van der Waals surface area contributed by atoms with Crippen LogP contribution in [0.4, 0.5) is 17.5 Å². The Balaban J connectivity index is 1.67. The number of morpholine rings is 1. The van der Waals surface area contributed by atoms with Crippen molar-refractivity contribution in [3.63, 3.8) is 0 Å². The molecule has 2 N–H and O–H groups in total. The third kappa shape index (κ3) is 5.39. The van der Waals surface area contributed by atoms with E-state index in [0.29, 0.717) is 18.9 Å². The van der Waals surface area contributed by atoms with E-state index in [9.17, 15) is 4.79 Å². The first-order chi connectivity index (χ1) is 17.3.